The first kappa shape index (κ1) is 25.5. The molecule has 0 aliphatic carbocycles. The summed E-state index contributed by atoms with van der Waals surface area (Å²) >= 11 is 5.92. The highest BCUT2D eigenvalue weighted by Gasteiger charge is 2.13. The first-order chi connectivity index (χ1) is 18.0. The van der Waals surface area contributed by atoms with E-state index >= 15 is 0 Å². The summed E-state index contributed by atoms with van der Waals surface area (Å²) in [6.45, 7) is 0.283. The fourth-order valence-corrected chi connectivity index (χ4v) is 3.46. The third-order valence-corrected chi connectivity index (χ3v) is 5.47. The molecule has 0 aromatic heterocycles. The van der Waals surface area contributed by atoms with Gasteiger partial charge in [0.1, 0.15) is 12.4 Å². The molecule has 37 heavy (non-hydrogen) atoms. The van der Waals surface area contributed by atoms with Crippen LogP contribution in [0, 0.1) is 0 Å². The zero-order valence-electron chi connectivity index (χ0n) is 19.9. The molecule has 0 spiro atoms. The predicted octanol–water partition coefficient (Wildman–Crippen LogP) is 5.91. The van der Waals surface area contributed by atoms with Gasteiger partial charge in [-0.3, -0.25) is 4.79 Å². The van der Waals surface area contributed by atoms with Gasteiger partial charge >= 0.3 is 5.97 Å². The Morgan fingerprint density at radius 2 is 1.59 bits per heavy atom. The van der Waals surface area contributed by atoms with Gasteiger partial charge in [0.05, 0.1) is 24.5 Å². The SMILES string of the molecule is COc1cc(/C=N\NC(=O)c2ccccc2OCc2ccc(Cl)cc2)ccc1OC(=O)c1ccccc1. The lowest BCUT2D eigenvalue weighted by atomic mass is 10.2. The van der Waals surface area contributed by atoms with E-state index in [9.17, 15) is 9.59 Å². The highest BCUT2D eigenvalue weighted by atomic mass is 35.5. The normalized spacial score (nSPS) is 10.6. The minimum absolute atomic E-state index is 0.268. The quantitative estimate of drug-likeness (QED) is 0.130. The molecule has 0 unspecified atom stereocenters. The number of nitrogens with zero attached hydrogens (tertiary/aromatic N) is 1. The van der Waals surface area contributed by atoms with E-state index in [1.165, 1.54) is 13.3 Å². The Morgan fingerprint density at radius 1 is 0.865 bits per heavy atom. The molecule has 186 valence electrons. The summed E-state index contributed by atoms with van der Waals surface area (Å²) in [4.78, 5) is 25.1. The van der Waals surface area contributed by atoms with E-state index in [2.05, 4.69) is 10.5 Å². The van der Waals surface area contributed by atoms with Gasteiger partial charge in [0.2, 0.25) is 0 Å². The number of hydrogen-bond acceptors (Lipinski definition) is 6. The maximum absolute atomic E-state index is 12.7. The van der Waals surface area contributed by atoms with Gasteiger partial charge in [-0.05, 0) is 65.7 Å². The third kappa shape index (κ3) is 6.96. The van der Waals surface area contributed by atoms with Gasteiger partial charge < -0.3 is 14.2 Å². The van der Waals surface area contributed by atoms with E-state index in [1.807, 2.05) is 18.2 Å². The fourth-order valence-electron chi connectivity index (χ4n) is 3.33. The highest BCUT2D eigenvalue weighted by molar-refractivity contribution is 6.30. The van der Waals surface area contributed by atoms with Crippen molar-refractivity contribution in [3.63, 3.8) is 0 Å². The molecular formula is C29H23ClN2O5. The van der Waals surface area contributed by atoms with Crippen molar-refractivity contribution < 1.29 is 23.8 Å². The van der Waals surface area contributed by atoms with E-state index in [0.29, 0.717) is 33.2 Å². The summed E-state index contributed by atoms with van der Waals surface area (Å²) in [5.41, 5.74) is 4.82. The predicted molar refractivity (Wildman–Crippen MR) is 142 cm³/mol. The van der Waals surface area contributed by atoms with Gasteiger partial charge in [-0.25, -0.2) is 10.2 Å². The average Bonchev–Trinajstić information content (AvgIpc) is 2.94. The molecule has 0 atom stereocenters. The zero-order valence-corrected chi connectivity index (χ0v) is 20.6. The maximum Gasteiger partial charge on any atom is 0.343 e. The summed E-state index contributed by atoms with van der Waals surface area (Å²) in [5, 5.41) is 4.68. The molecule has 0 heterocycles. The Labute approximate surface area is 219 Å². The van der Waals surface area contributed by atoms with Crippen LogP contribution in [0.25, 0.3) is 0 Å². The summed E-state index contributed by atoms with van der Waals surface area (Å²) in [7, 11) is 1.47. The lowest BCUT2D eigenvalue weighted by Crippen LogP contribution is -2.18. The number of hydrogen-bond donors (Lipinski definition) is 1. The van der Waals surface area contributed by atoms with E-state index in [4.69, 9.17) is 25.8 Å². The van der Waals surface area contributed by atoms with Crippen molar-refractivity contribution >= 4 is 29.7 Å². The maximum atomic E-state index is 12.7. The van der Waals surface area contributed by atoms with Crippen LogP contribution in [0.4, 0.5) is 0 Å². The largest absolute Gasteiger partial charge is 0.493 e. The van der Waals surface area contributed by atoms with Crippen LogP contribution in [0.1, 0.15) is 31.8 Å². The summed E-state index contributed by atoms with van der Waals surface area (Å²) in [5.74, 6) is 0.120. The third-order valence-electron chi connectivity index (χ3n) is 5.22. The van der Waals surface area contributed by atoms with Crippen LogP contribution in [0.2, 0.25) is 5.02 Å². The number of hydrazone groups is 1. The molecular weight excluding hydrogens is 492 g/mol. The van der Waals surface area contributed by atoms with E-state index < -0.39 is 11.9 Å². The lowest BCUT2D eigenvalue weighted by Gasteiger charge is -2.11. The minimum atomic E-state index is -0.496. The number of ether oxygens (including phenoxy) is 3. The van der Waals surface area contributed by atoms with Gasteiger partial charge in [-0.2, -0.15) is 5.10 Å². The van der Waals surface area contributed by atoms with Crippen molar-refractivity contribution in [1.82, 2.24) is 5.43 Å². The topological polar surface area (TPSA) is 86.2 Å². The second-order valence-electron chi connectivity index (χ2n) is 7.78. The summed E-state index contributed by atoms with van der Waals surface area (Å²) in [6.07, 6.45) is 1.46. The van der Waals surface area contributed by atoms with Gasteiger partial charge in [0.15, 0.2) is 11.5 Å². The molecule has 1 amide bonds. The fraction of sp³-hybridized carbons (Fsp3) is 0.0690. The molecule has 8 heteroatoms. The number of esters is 1. The first-order valence-electron chi connectivity index (χ1n) is 11.3. The van der Waals surface area contributed by atoms with Gasteiger partial charge in [0.25, 0.3) is 5.91 Å². The van der Waals surface area contributed by atoms with E-state index in [-0.39, 0.29) is 12.4 Å². The zero-order chi connectivity index (χ0) is 26.0. The summed E-state index contributed by atoms with van der Waals surface area (Å²) < 4.78 is 16.7. The van der Waals surface area contributed by atoms with Crippen LogP contribution < -0.4 is 19.6 Å². The smallest absolute Gasteiger partial charge is 0.343 e. The molecule has 4 aromatic rings. The Kier molecular flexibility index (Phi) is 8.52. The molecule has 0 bridgehead atoms. The molecule has 0 saturated carbocycles. The Balaban J connectivity index is 1.39. The number of rotatable bonds is 9. The molecule has 0 aliphatic heterocycles. The Morgan fingerprint density at radius 3 is 2.35 bits per heavy atom. The highest BCUT2D eigenvalue weighted by Crippen LogP contribution is 2.28. The van der Waals surface area contributed by atoms with Crippen molar-refractivity contribution in [2.24, 2.45) is 5.10 Å². The van der Waals surface area contributed by atoms with Gasteiger partial charge in [-0.1, -0.05) is 54.1 Å². The second kappa shape index (κ2) is 12.4. The van der Waals surface area contributed by atoms with Crippen molar-refractivity contribution in [2.45, 2.75) is 6.61 Å². The number of carbonyl (C=O) groups excluding carboxylic acids is 2. The summed E-state index contributed by atoms with van der Waals surface area (Å²) in [6, 6.07) is 27.8. The number of benzene rings is 4. The van der Waals surface area contributed by atoms with Crippen LogP contribution >= 0.6 is 11.6 Å². The Hall–Kier alpha value is -4.62. The molecule has 1 N–H and O–H groups in total. The number of carbonyl (C=O) groups is 2. The minimum Gasteiger partial charge on any atom is -0.493 e. The van der Waals surface area contributed by atoms with Crippen LogP contribution in [-0.2, 0) is 6.61 Å². The molecule has 4 aromatic carbocycles. The van der Waals surface area contributed by atoms with Crippen molar-refractivity contribution in [2.75, 3.05) is 7.11 Å². The molecule has 4 rings (SSSR count). The number of methoxy groups -OCH3 is 1. The average molecular weight is 515 g/mol. The second-order valence-corrected chi connectivity index (χ2v) is 8.21. The Bertz CT molecular complexity index is 1410. The molecule has 0 saturated heterocycles. The molecule has 7 nitrogen and oxygen atoms in total. The first-order valence-corrected chi connectivity index (χ1v) is 11.7. The number of amides is 1. The number of para-hydroxylation sites is 1. The molecule has 0 aliphatic rings. The van der Waals surface area contributed by atoms with Crippen molar-refractivity contribution in [3.05, 3.63) is 124 Å². The number of nitrogens with one attached hydrogen (secondary N) is 1. The van der Waals surface area contributed by atoms with Crippen molar-refractivity contribution in [1.29, 1.82) is 0 Å². The van der Waals surface area contributed by atoms with Crippen LogP contribution in [0.15, 0.2) is 102 Å². The van der Waals surface area contributed by atoms with Crippen LogP contribution in [0.5, 0.6) is 17.2 Å². The lowest BCUT2D eigenvalue weighted by molar-refractivity contribution is 0.0729. The van der Waals surface area contributed by atoms with E-state index in [1.54, 1.807) is 78.9 Å². The van der Waals surface area contributed by atoms with E-state index in [0.717, 1.165) is 5.56 Å². The van der Waals surface area contributed by atoms with Gasteiger partial charge in [-0.15, -0.1) is 0 Å². The molecule has 0 fully saturated rings. The van der Waals surface area contributed by atoms with Crippen molar-refractivity contribution in [3.8, 4) is 17.2 Å². The monoisotopic (exact) mass is 514 g/mol. The van der Waals surface area contributed by atoms with Crippen LogP contribution in [0.3, 0.4) is 0 Å². The number of halogens is 1. The van der Waals surface area contributed by atoms with Gasteiger partial charge in [0, 0.05) is 5.02 Å². The van der Waals surface area contributed by atoms with Crippen LogP contribution in [-0.4, -0.2) is 25.2 Å². The molecule has 0 radical (unpaired) electrons. The standard InChI is InChI=1S/C29H23ClN2O5/c1-35-27-17-21(13-16-26(27)37-29(34)22-7-3-2-4-8-22)18-31-32-28(33)24-9-5-6-10-25(24)36-19-20-11-14-23(30)15-12-20/h2-18H,19H2,1H3,(H,32,33)/b31-18-.